The van der Waals surface area contributed by atoms with Crippen LogP contribution in [-0.2, 0) is 10.0 Å². The number of hydrogen-bond acceptors (Lipinski definition) is 4. The first kappa shape index (κ1) is 21.0. The topological polar surface area (TPSA) is 78.8 Å². The molecule has 2 aromatic carbocycles. The fourth-order valence-corrected chi connectivity index (χ4v) is 4.51. The van der Waals surface area contributed by atoms with Gasteiger partial charge in [0.15, 0.2) is 0 Å². The molecule has 1 amide bonds. The average molecular weight is 418 g/mol. The normalized spacial score (nSPS) is 16.0. The van der Waals surface area contributed by atoms with Crippen LogP contribution in [0.1, 0.15) is 55.6 Å². The lowest BCUT2D eigenvalue weighted by Crippen LogP contribution is -2.35. The number of hydrogen-bond donors (Lipinski definition) is 1. The molecule has 8 heteroatoms. The molecule has 0 aliphatic carbocycles. The lowest BCUT2D eigenvalue weighted by Gasteiger charge is -2.29. The van der Waals surface area contributed by atoms with Crippen LogP contribution in [0.25, 0.3) is 0 Å². The van der Waals surface area contributed by atoms with Gasteiger partial charge in [0, 0.05) is 12.1 Å². The molecule has 0 bridgehead atoms. The molecule has 1 aliphatic rings. The summed E-state index contributed by atoms with van der Waals surface area (Å²) in [6.07, 6.45) is 1.86. The standard InChI is InChI=1S/C21H24FN3O3S/c1-4-5-12-25-15(3)24-29(27,28)20-13-17(8-11-19(20)25)21(26)23-14(2)16-6-9-18(22)10-7-16/h6-11,13-14H,4-5,12H2,1-3H3,(H,23,26)/t14-/m1/s1. The Morgan fingerprint density at radius 2 is 1.90 bits per heavy atom. The van der Waals surface area contributed by atoms with Gasteiger partial charge in [0.1, 0.15) is 16.5 Å². The Morgan fingerprint density at radius 1 is 1.21 bits per heavy atom. The number of amidine groups is 1. The van der Waals surface area contributed by atoms with Crippen LogP contribution in [0.3, 0.4) is 0 Å². The van der Waals surface area contributed by atoms with E-state index in [4.69, 9.17) is 0 Å². The van der Waals surface area contributed by atoms with Crippen LogP contribution in [0, 0.1) is 5.82 Å². The average Bonchev–Trinajstić information content (AvgIpc) is 2.67. The highest BCUT2D eigenvalue weighted by Crippen LogP contribution is 2.33. The Labute approximate surface area is 170 Å². The van der Waals surface area contributed by atoms with E-state index >= 15 is 0 Å². The molecule has 0 unspecified atom stereocenters. The van der Waals surface area contributed by atoms with Crippen molar-refractivity contribution in [1.29, 1.82) is 0 Å². The highest BCUT2D eigenvalue weighted by molar-refractivity contribution is 7.90. The third-order valence-corrected chi connectivity index (χ3v) is 6.27. The van der Waals surface area contributed by atoms with Gasteiger partial charge in [0.05, 0.1) is 11.7 Å². The number of unbranched alkanes of at least 4 members (excludes halogenated alkanes) is 1. The summed E-state index contributed by atoms with van der Waals surface area (Å²) in [5, 5.41) is 2.81. The minimum absolute atomic E-state index is 0.0290. The summed E-state index contributed by atoms with van der Waals surface area (Å²) < 4.78 is 42.1. The smallest absolute Gasteiger partial charge is 0.286 e. The molecule has 2 aromatic rings. The van der Waals surface area contributed by atoms with Crippen LogP contribution < -0.4 is 10.2 Å². The van der Waals surface area contributed by atoms with Gasteiger partial charge in [-0.15, -0.1) is 4.40 Å². The van der Waals surface area contributed by atoms with E-state index in [2.05, 4.69) is 16.6 Å². The van der Waals surface area contributed by atoms with Crippen molar-refractivity contribution in [3.8, 4) is 0 Å². The zero-order chi connectivity index (χ0) is 21.2. The maximum Gasteiger partial charge on any atom is 0.286 e. The van der Waals surface area contributed by atoms with Crippen LogP contribution in [0.2, 0.25) is 0 Å². The van der Waals surface area contributed by atoms with Crippen molar-refractivity contribution in [2.24, 2.45) is 4.40 Å². The zero-order valence-corrected chi connectivity index (χ0v) is 17.5. The lowest BCUT2D eigenvalue weighted by atomic mass is 10.1. The molecule has 1 N–H and O–H groups in total. The Kier molecular flexibility index (Phi) is 6.02. The van der Waals surface area contributed by atoms with Crippen molar-refractivity contribution in [2.45, 2.75) is 44.6 Å². The van der Waals surface area contributed by atoms with E-state index < -0.39 is 15.9 Å². The van der Waals surface area contributed by atoms with Crippen molar-refractivity contribution in [3.63, 3.8) is 0 Å². The second-order valence-electron chi connectivity index (χ2n) is 7.05. The molecule has 29 heavy (non-hydrogen) atoms. The van der Waals surface area contributed by atoms with Crippen molar-refractivity contribution in [3.05, 3.63) is 59.4 Å². The van der Waals surface area contributed by atoms with Crippen LogP contribution in [0.4, 0.5) is 10.1 Å². The maximum atomic E-state index is 13.1. The van der Waals surface area contributed by atoms with Gasteiger partial charge in [-0.2, -0.15) is 8.42 Å². The van der Waals surface area contributed by atoms with Crippen molar-refractivity contribution in [1.82, 2.24) is 5.32 Å². The molecule has 1 heterocycles. The number of fused-ring (bicyclic) bond motifs is 1. The minimum atomic E-state index is -3.87. The molecule has 0 saturated heterocycles. The molecule has 6 nitrogen and oxygen atoms in total. The van der Waals surface area contributed by atoms with Crippen molar-refractivity contribution < 1.29 is 17.6 Å². The number of rotatable bonds is 6. The van der Waals surface area contributed by atoms with E-state index in [1.54, 1.807) is 38.1 Å². The SMILES string of the molecule is CCCCN1C(C)=NS(=O)(=O)c2cc(C(=O)N[C@H](C)c3ccc(F)cc3)ccc21. The van der Waals surface area contributed by atoms with Crippen LogP contribution >= 0.6 is 0 Å². The summed E-state index contributed by atoms with van der Waals surface area (Å²) in [7, 11) is -3.87. The van der Waals surface area contributed by atoms with Crippen LogP contribution in [-0.4, -0.2) is 26.7 Å². The molecule has 1 aliphatic heterocycles. The predicted molar refractivity (Wildman–Crippen MR) is 111 cm³/mol. The molecule has 0 saturated carbocycles. The van der Waals surface area contributed by atoms with E-state index in [0.717, 1.165) is 18.4 Å². The van der Waals surface area contributed by atoms with Crippen LogP contribution in [0.15, 0.2) is 51.8 Å². The van der Waals surface area contributed by atoms with E-state index in [-0.39, 0.29) is 22.3 Å². The fraction of sp³-hybridized carbons (Fsp3) is 0.333. The molecular formula is C21H24FN3O3S. The highest BCUT2D eigenvalue weighted by Gasteiger charge is 2.29. The number of benzene rings is 2. The molecule has 3 rings (SSSR count). The first-order chi connectivity index (χ1) is 13.7. The number of carbonyl (C=O) groups excluding carboxylic acids is 1. The Balaban J connectivity index is 1.87. The summed E-state index contributed by atoms with van der Waals surface area (Å²) in [6, 6.07) is 10.1. The summed E-state index contributed by atoms with van der Waals surface area (Å²) in [5.41, 5.74) is 1.51. The van der Waals surface area contributed by atoms with Gasteiger partial charge in [-0.05, 0) is 56.2 Å². The van der Waals surface area contributed by atoms with E-state index in [9.17, 15) is 17.6 Å². The molecule has 0 radical (unpaired) electrons. The summed E-state index contributed by atoms with van der Waals surface area (Å²) in [6.45, 7) is 6.16. The van der Waals surface area contributed by atoms with Gasteiger partial charge in [0.25, 0.3) is 15.9 Å². The number of carbonyl (C=O) groups is 1. The number of amides is 1. The summed E-state index contributed by atoms with van der Waals surface area (Å²) >= 11 is 0. The zero-order valence-electron chi connectivity index (χ0n) is 16.6. The fourth-order valence-electron chi connectivity index (χ4n) is 3.24. The number of nitrogens with one attached hydrogen (secondary N) is 1. The van der Waals surface area contributed by atoms with E-state index in [1.807, 2.05) is 4.90 Å². The van der Waals surface area contributed by atoms with Gasteiger partial charge >= 0.3 is 0 Å². The largest absolute Gasteiger partial charge is 0.346 e. The molecule has 0 fully saturated rings. The first-order valence-electron chi connectivity index (χ1n) is 9.52. The molecule has 1 atom stereocenters. The Hall–Kier alpha value is -2.74. The molecule has 0 aromatic heterocycles. The number of anilines is 1. The quantitative estimate of drug-likeness (QED) is 0.769. The van der Waals surface area contributed by atoms with E-state index in [1.165, 1.54) is 18.2 Å². The second kappa shape index (κ2) is 8.32. The molecule has 154 valence electrons. The van der Waals surface area contributed by atoms with Crippen molar-refractivity contribution in [2.75, 3.05) is 11.4 Å². The third kappa shape index (κ3) is 4.48. The maximum absolute atomic E-state index is 13.1. The summed E-state index contributed by atoms with van der Waals surface area (Å²) in [4.78, 5) is 14.6. The Morgan fingerprint density at radius 3 is 2.55 bits per heavy atom. The second-order valence-corrected chi connectivity index (χ2v) is 8.62. The lowest BCUT2D eigenvalue weighted by molar-refractivity contribution is 0.0939. The predicted octanol–water partition coefficient (Wildman–Crippen LogP) is 4.04. The first-order valence-corrected chi connectivity index (χ1v) is 11.0. The minimum Gasteiger partial charge on any atom is -0.346 e. The highest BCUT2D eigenvalue weighted by atomic mass is 32.2. The van der Waals surface area contributed by atoms with Gasteiger partial charge in [-0.1, -0.05) is 25.5 Å². The number of sulfonamides is 1. The number of halogens is 1. The molecular weight excluding hydrogens is 393 g/mol. The molecule has 0 spiro atoms. The Bertz CT molecular complexity index is 1050. The van der Waals surface area contributed by atoms with Crippen molar-refractivity contribution >= 4 is 27.5 Å². The van der Waals surface area contributed by atoms with Gasteiger partial charge in [-0.25, -0.2) is 4.39 Å². The monoisotopic (exact) mass is 417 g/mol. The third-order valence-electron chi connectivity index (χ3n) is 4.89. The van der Waals surface area contributed by atoms with Gasteiger partial charge in [0.2, 0.25) is 0 Å². The van der Waals surface area contributed by atoms with Crippen LogP contribution in [0.5, 0.6) is 0 Å². The van der Waals surface area contributed by atoms with E-state index in [0.29, 0.717) is 18.1 Å². The number of nitrogens with zero attached hydrogens (tertiary/aromatic N) is 2. The summed E-state index contributed by atoms with van der Waals surface area (Å²) in [5.74, 6) is -0.338. The van der Waals surface area contributed by atoms with Gasteiger partial charge in [-0.3, -0.25) is 4.79 Å². The van der Waals surface area contributed by atoms with Gasteiger partial charge < -0.3 is 10.2 Å².